The zero-order valence-corrected chi connectivity index (χ0v) is 21.4. The Hall–Kier alpha value is -3.11. The van der Waals surface area contributed by atoms with E-state index in [9.17, 15) is 5.26 Å². The Bertz CT molecular complexity index is 1080. The van der Waals surface area contributed by atoms with Crippen LogP contribution in [-0.2, 0) is 13.0 Å². The first-order valence-corrected chi connectivity index (χ1v) is 12.3. The molecule has 35 heavy (non-hydrogen) atoms. The molecule has 4 rings (SSSR count). The zero-order valence-electron chi connectivity index (χ0n) is 21.4. The van der Waals surface area contributed by atoms with Crippen molar-refractivity contribution in [2.75, 3.05) is 35.0 Å². The second-order valence-corrected chi connectivity index (χ2v) is 9.43. The van der Waals surface area contributed by atoms with Gasteiger partial charge >= 0.3 is 0 Å². The highest BCUT2D eigenvalue weighted by molar-refractivity contribution is 5.60. The molecule has 7 nitrogen and oxygen atoms in total. The van der Waals surface area contributed by atoms with E-state index in [0.717, 1.165) is 61.5 Å². The van der Waals surface area contributed by atoms with Crippen LogP contribution in [0.3, 0.4) is 0 Å². The highest BCUT2D eigenvalue weighted by Gasteiger charge is 2.42. The number of benzene rings is 2. The van der Waals surface area contributed by atoms with E-state index in [1.54, 1.807) is 21.3 Å². The van der Waals surface area contributed by atoms with E-state index >= 15 is 0 Å². The summed E-state index contributed by atoms with van der Waals surface area (Å²) in [6.45, 7) is 3.25. The van der Waals surface area contributed by atoms with Crippen molar-refractivity contribution in [3.8, 4) is 34.8 Å². The molecule has 3 unspecified atom stereocenters. The van der Waals surface area contributed by atoms with Crippen molar-refractivity contribution in [2.45, 2.75) is 57.7 Å². The van der Waals surface area contributed by atoms with E-state index in [1.807, 2.05) is 24.3 Å². The summed E-state index contributed by atoms with van der Waals surface area (Å²) < 4.78 is 29.1. The van der Waals surface area contributed by atoms with Gasteiger partial charge in [-0.15, -0.1) is 0 Å². The van der Waals surface area contributed by atoms with Crippen LogP contribution in [0.4, 0.5) is 0 Å². The molecule has 3 atom stereocenters. The Balaban J connectivity index is 1.46. The molecule has 0 N–H and O–H groups in total. The number of ether oxygens (including phenoxy) is 5. The lowest BCUT2D eigenvalue weighted by atomic mass is 9.75. The molecule has 0 saturated heterocycles. The van der Waals surface area contributed by atoms with E-state index in [2.05, 4.69) is 31.0 Å². The van der Waals surface area contributed by atoms with Crippen LogP contribution in [0.1, 0.15) is 43.7 Å². The van der Waals surface area contributed by atoms with Gasteiger partial charge in [0.25, 0.3) is 0 Å². The van der Waals surface area contributed by atoms with Gasteiger partial charge in [0, 0.05) is 18.2 Å². The number of rotatable bonds is 9. The fourth-order valence-corrected chi connectivity index (χ4v) is 5.45. The summed E-state index contributed by atoms with van der Waals surface area (Å²) in [5.74, 6) is 3.54. The Morgan fingerprint density at radius 3 is 2.51 bits per heavy atom. The van der Waals surface area contributed by atoms with Crippen molar-refractivity contribution in [2.24, 2.45) is 5.41 Å². The molecule has 0 saturated carbocycles. The molecular weight excluding hydrogens is 444 g/mol. The molecule has 0 aliphatic carbocycles. The molecule has 0 radical (unpaired) electrons. The lowest BCUT2D eigenvalue weighted by Gasteiger charge is -2.39. The van der Waals surface area contributed by atoms with Gasteiger partial charge in [-0.25, -0.2) is 0 Å². The fraction of sp³-hybridized carbons (Fsp3) is 0.536. The van der Waals surface area contributed by atoms with Crippen LogP contribution in [0.2, 0.25) is 0 Å². The van der Waals surface area contributed by atoms with Crippen molar-refractivity contribution in [1.82, 2.24) is 4.90 Å². The SMILES string of the molecule is CCC(C#N)(CCCC1Cc2cc(OC)c(OC)c(OC)c2CN1C)C1COc2ccccc2O1. The smallest absolute Gasteiger partial charge is 0.203 e. The first kappa shape index (κ1) is 25.0. The van der Waals surface area contributed by atoms with Gasteiger partial charge < -0.3 is 23.7 Å². The van der Waals surface area contributed by atoms with Gasteiger partial charge in [0.05, 0.1) is 32.8 Å². The molecule has 2 aromatic carbocycles. The summed E-state index contributed by atoms with van der Waals surface area (Å²) in [5.41, 5.74) is 1.79. The second kappa shape index (κ2) is 10.7. The number of likely N-dealkylation sites (N-methyl/N-ethyl adjacent to an activating group) is 1. The van der Waals surface area contributed by atoms with Crippen LogP contribution in [0.5, 0.6) is 28.7 Å². The molecular formula is C28H36N2O5. The molecule has 2 aromatic rings. The maximum absolute atomic E-state index is 10.2. The number of fused-ring (bicyclic) bond motifs is 2. The van der Waals surface area contributed by atoms with E-state index in [0.29, 0.717) is 24.1 Å². The predicted molar refractivity (Wildman–Crippen MR) is 134 cm³/mol. The summed E-state index contributed by atoms with van der Waals surface area (Å²) in [6, 6.07) is 12.7. The Kier molecular flexibility index (Phi) is 7.61. The average Bonchev–Trinajstić information content (AvgIpc) is 2.90. The molecule has 2 heterocycles. The molecule has 0 aromatic heterocycles. The van der Waals surface area contributed by atoms with Gasteiger partial charge in [-0.2, -0.15) is 5.26 Å². The first-order valence-electron chi connectivity index (χ1n) is 12.3. The Morgan fingerprint density at radius 1 is 1.11 bits per heavy atom. The Labute approximate surface area is 208 Å². The predicted octanol–water partition coefficient (Wildman–Crippen LogP) is 5.00. The number of para-hydroxylation sites is 2. The number of hydrogen-bond donors (Lipinski definition) is 0. The standard InChI is InChI=1S/C28H36N2O5/c1-6-28(18-29,25-17-34-22-11-7-8-12-23(22)35-25)13-9-10-20-14-19-15-24(31-3)27(33-5)26(32-4)21(19)16-30(20)2/h7-8,11-12,15,20,25H,6,9-10,13-14,16-17H2,1-5H3. The quantitative estimate of drug-likeness (QED) is 0.500. The average molecular weight is 481 g/mol. The van der Waals surface area contributed by atoms with E-state index in [1.165, 1.54) is 5.56 Å². The highest BCUT2D eigenvalue weighted by Crippen LogP contribution is 2.45. The van der Waals surface area contributed by atoms with Crippen molar-refractivity contribution in [3.63, 3.8) is 0 Å². The second-order valence-electron chi connectivity index (χ2n) is 9.43. The number of nitrogens with zero attached hydrogens (tertiary/aromatic N) is 2. The van der Waals surface area contributed by atoms with Gasteiger partial charge in [0.15, 0.2) is 29.1 Å². The fourth-order valence-electron chi connectivity index (χ4n) is 5.45. The van der Waals surface area contributed by atoms with Gasteiger partial charge in [-0.3, -0.25) is 4.90 Å². The number of hydrogen-bond acceptors (Lipinski definition) is 7. The molecule has 0 spiro atoms. The van der Waals surface area contributed by atoms with Crippen molar-refractivity contribution < 1.29 is 23.7 Å². The summed E-state index contributed by atoms with van der Waals surface area (Å²) in [5, 5.41) is 10.2. The van der Waals surface area contributed by atoms with Crippen LogP contribution in [0.15, 0.2) is 30.3 Å². The summed E-state index contributed by atoms with van der Waals surface area (Å²) in [6.07, 6.45) is 4.01. The third-order valence-corrected chi connectivity index (χ3v) is 7.65. The van der Waals surface area contributed by atoms with Crippen molar-refractivity contribution in [1.29, 1.82) is 5.26 Å². The molecule has 188 valence electrons. The summed E-state index contributed by atoms with van der Waals surface area (Å²) in [4.78, 5) is 2.37. The minimum Gasteiger partial charge on any atom is -0.493 e. The molecule has 0 fully saturated rings. The molecule has 0 bridgehead atoms. The monoisotopic (exact) mass is 480 g/mol. The lowest BCUT2D eigenvalue weighted by Crippen LogP contribution is -2.44. The summed E-state index contributed by atoms with van der Waals surface area (Å²) in [7, 11) is 7.11. The first-order chi connectivity index (χ1) is 17.0. The lowest BCUT2D eigenvalue weighted by molar-refractivity contribution is 0.00869. The highest BCUT2D eigenvalue weighted by atomic mass is 16.6. The zero-order chi connectivity index (χ0) is 25.0. The largest absolute Gasteiger partial charge is 0.493 e. The number of nitriles is 1. The molecule has 7 heteroatoms. The molecule has 0 amide bonds. The van der Waals surface area contributed by atoms with Crippen molar-refractivity contribution in [3.05, 3.63) is 41.5 Å². The minimum absolute atomic E-state index is 0.279. The van der Waals surface area contributed by atoms with Crippen LogP contribution >= 0.6 is 0 Å². The van der Waals surface area contributed by atoms with Gasteiger partial charge in [-0.05, 0) is 56.5 Å². The van der Waals surface area contributed by atoms with Gasteiger partial charge in [0.1, 0.15) is 6.61 Å². The van der Waals surface area contributed by atoms with Crippen LogP contribution < -0.4 is 23.7 Å². The maximum Gasteiger partial charge on any atom is 0.203 e. The third-order valence-electron chi connectivity index (χ3n) is 7.65. The van der Waals surface area contributed by atoms with E-state index in [-0.39, 0.29) is 6.10 Å². The van der Waals surface area contributed by atoms with Crippen molar-refractivity contribution >= 4 is 0 Å². The van der Waals surface area contributed by atoms with Crippen LogP contribution in [-0.4, -0.2) is 52.0 Å². The van der Waals surface area contributed by atoms with Gasteiger partial charge in [0.2, 0.25) is 5.75 Å². The topological polar surface area (TPSA) is 73.2 Å². The van der Waals surface area contributed by atoms with Crippen LogP contribution in [0, 0.1) is 16.7 Å². The van der Waals surface area contributed by atoms with Crippen LogP contribution in [0.25, 0.3) is 0 Å². The number of methoxy groups -OCH3 is 3. The molecule has 2 aliphatic heterocycles. The maximum atomic E-state index is 10.2. The Morgan fingerprint density at radius 2 is 1.86 bits per heavy atom. The molecule has 2 aliphatic rings. The van der Waals surface area contributed by atoms with E-state index in [4.69, 9.17) is 23.7 Å². The van der Waals surface area contributed by atoms with E-state index < -0.39 is 5.41 Å². The minimum atomic E-state index is -0.585. The van der Waals surface area contributed by atoms with Gasteiger partial charge in [-0.1, -0.05) is 25.5 Å². The third kappa shape index (κ3) is 4.72. The normalized spacial score (nSPS) is 20.8. The summed E-state index contributed by atoms with van der Waals surface area (Å²) >= 11 is 0.